The second-order valence-corrected chi connectivity index (χ2v) is 9.32. The third kappa shape index (κ3) is 6.80. The minimum absolute atomic E-state index is 0.00471. The smallest absolute Gasteiger partial charge is 0.243 e. The number of fused-ring (bicyclic) bond motifs is 1. The number of nitrogens with one attached hydrogen (secondary N) is 2. The maximum absolute atomic E-state index is 12.9. The summed E-state index contributed by atoms with van der Waals surface area (Å²) < 4.78 is 5.25. The topological polar surface area (TPSA) is 128 Å². The molecule has 0 aliphatic heterocycles. The third-order valence-electron chi connectivity index (χ3n) is 5.59. The van der Waals surface area contributed by atoms with Crippen molar-refractivity contribution in [1.82, 2.24) is 10.6 Å². The molecule has 8 nitrogen and oxygen atoms in total. The van der Waals surface area contributed by atoms with E-state index < -0.39 is 23.9 Å². The van der Waals surface area contributed by atoms with Gasteiger partial charge in [0.05, 0.1) is 7.11 Å². The van der Waals surface area contributed by atoms with Crippen LogP contribution in [-0.4, -0.2) is 42.7 Å². The molecule has 4 N–H and O–H groups in total. The van der Waals surface area contributed by atoms with Gasteiger partial charge in [-0.2, -0.15) is 0 Å². The number of rotatable bonds is 11. The van der Waals surface area contributed by atoms with Gasteiger partial charge in [-0.25, -0.2) is 0 Å². The molecule has 1 unspecified atom stereocenters. The van der Waals surface area contributed by atoms with Gasteiger partial charge >= 0.3 is 0 Å². The third-order valence-corrected chi connectivity index (χ3v) is 5.59. The van der Waals surface area contributed by atoms with E-state index in [0.717, 1.165) is 5.56 Å². The van der Waals surface area contributed by atoms with E-state index in [1.165, 1.54) is 0 Å². The normalized spacial score (nSPS) is 17.1. The Balaban J connectivity index is 2.09. The monoisotopic (exact) mass is 445 g/mol. The van der Waals surface area contributed by atoms with Crippen molar-refractivity contribution < 1.29 is 23.9 Å². The number of methoxy groups -OCH3 is 1. The van der Waals surface area contributed by atoms with Crippen LogP contribution in [0.4, 0.5) is 0 Å². The van der Waals surface area contributed by atoms with Crippen molar-refractivity contribution in [2.75, 3.05) is 7.11 Å². The number of carbonyl (C=O) groups excluding carboxylic acids is 4. The van der Waals surface area contributed by atoms with E-state index in [1.54, 1.807) is 25.3 Å². The molecule has 32 heavy (non-hydrogen) atoms. The Morgan fingerprint density at radius 1 is 1.06 bits per heavy atom. The van der Waals surface area contributed by atoms with Gasteiger partial charge < -0.3 is 21.1 Å². The first-order valence-corrected chi connectivity index (χ1v) is 11.1. The highest BCUT2D eigenvalue weighted by Crippen LogP contribution is 2.37. The summed E-state index contributed by atoms with van der Waals surface area (Å²) in [4.78, 5) is 49.8. The molecule has 0 spiro atoms. The fourth-order valence-corrected chi connectivity index (χ4v) is 4.06. The maximum atomic E-state index is 12.9. The van der Waals surface area contributed by atoms with E-state index >= 15 is 0 Å². The predicted octanol–water partition coefficient (Wildman–Crippen LogP) is 2.30. The SMILES string of the molecule is COc1ccc2c(c1)C(CC(=O)N[C@@H](CC(C)C)C(=O)N[C@H](CC(C)C)C(N)=O)CC2=O. The molecule has 2 rings (SSSR count). The van der Waals surface area contributed by atoms with Crippen LogP contribution in [0, 0.1) is 11.8 Å². The number of primary amides is 1. The Bertz CT molecular complexity index is 865. The number of Topliss-reactive ketones (excluding diaryl/α,β-unsaturated/α-hetero) is 1. The van der Waals surface area contributed by atoms with Gasteiger partial charge in [0.2, 0.25) is 17.7 Å². The Morgan fingerprint density at radius 2 is 1.69 bits per heavy atom. The second-order valence-electron chi connectivity index (χ2n) is 9.32. The van der Waals surface area contributed by atoms with Gasteiger partial charge in [-0.1, -0.05) is 27.7 Å². The van der Waals surface area contributed by atoms with Crippen LogP contribution in [0.2, 0.25) is 0 Å². The molecule has 0 aromatic heterocycles. The summed E-state index contributed by atoms with van der Waals surface area (Å²) in [6.07, 6.45) is 1.17. The van der Waals surface area contributed by atoms with Crippen LogP contribution < -0.4 is 21.1 Å². The average Bonchev–Trinajstić information content (AvgIpc) is 3.00. The molecule has 1 aromatic carbocycles. The Kier molecular flexibility index (Phi) is 8.80. The molecule has 1 aliphatic rings. The Morgan fingerprint density at radius 3 is 2.25 bits per heavy atom. The highest BCUT2D eigenvalue weighted by atomic mass is 16.5. The average molecular weight is 446 g/mol. The van der Waals surface area contributed by atoms with Crippen LogP contribution in [0.3, 0.4) is 0 Å². The molecule has 176 valence electrons. The zero-order valence-electron chi connectivity index (χ0n) is 19.6. The van der Waals surface area contributed by atoms with Crippen LogP contribution in [0.1, 0.15) is 75.2 Å². The second kappa shape index (κ2) is 11.1. The number of hydrogen-bond donors (Lipinski definition) is 3. The first kappa shape index (κ1) is 25.4. The summed E-state index contributed by atoms with van der Waals surface area (Å²) in [6, 6.07) is 3.66. The van der Waals surface area contributed by atoms with Crippen LogP contribution in [0.5, 0.6) is 5.75 Å². The zero-order chi connectivity index (χ0) is 24.0. The molecule has 1 aromatic rings. The fraction of sp³-hybridized carbons (Fsp3) is 0.583. The minimum Gasteiger partial charge on any atom is -0.497 e. The predicted molar refractivity (Wildman–Crippen MR) is 121 cm³/mol. The van der Waals surface area contributed by atoms with Crippen molar-refractivity contribution >= 4 is 23.5 Å². The molecule has 8 heteroatoms. The van der Waals surface area contributed by atoms with Crippen LogP contribution in [0.15, 0.2) is 18.2 Å². The summed E-state index contributed by atoms with van der Waals surface area (Å²) in [5.74, 6) is -0.686. The molecule has 0 heterocycles. The standard InChI is InChI=1S/C24H35N3O5/c1-13(2)8-19(23(25)30)27-24(31)20(9-14(3)4)26-22(29)11-15-10-21(28)17-7-6-16(32-5)12-18(15)17/h6-7,12-15,19-20H,8-11H2,1-5H3,(H2,25,30)(H,26,29)(H,27,31)/t15?,19-,20+/m1/s1. The zero-order valence-corrected chi connectivity index (χ0v) is 19.6. The highest BCUT2D eigenvalue weighted by Gasteiger charge is 2.33. The van der Waals surface area contributed by atoms with E-state index in [9.17, 15) is 19.2 Å². The quantitative estimate of drug-likeness (QED) is 0.482. The van der Waals surface area contributed by atoms with Crippen molar-refractivity contribution in [2.24, 2.45) is 17.6 Å². The van der Waals surface area contributed by atoms with E-state index in [-0.39, 0.29) is 42.3 Å². The van der Waals surface area contributed by atoms with Gasteiger partial charge in [0.1, 0.15) is 17.8 Å². The number of nitrogens with two attached hydrogens (primary N) is 1. The highest BCUT2D eigenvalue weighted by molar-refractivity contribution is 6.02. The van der Waals surface area contributed by atoms with Gasteiger partial charge in [0.15, 0.2) is 5.78 Å². The summed E-state index contributed by atoms with van der Waals surface area (Å²) in [5.41, 5.74) is 6.84. The molecule has 0 fully saturated rings. The lowest BCUT2D eigenvalue weighted by atomic mass is 9.96. The number of hydrogen-bond acceptors (Lipinski definition) is 5. The van der Waals surface area contributed by atoms with Gasteiger partial charge in [0.25, 0.3) is 0 Å². The molecule has 3 atom stereocenters. The van der Waals surface area contributed by atoms with Crippen LogP contribution >= 0.6 is 0 Å². The molecule has 0 saturated carbocycles. The Hall–Kier alpha value is -2.90. The molecule has 3 amide bonds. The van der Waals surface area contributed by atoms with E-state index in [4.69, 9.17) is 10.5 Å². The van der Waals surface area contributed by atoms with E-state index in [2.05, 4.69) is 10.6 Å². The van der Waals surface area contributed by atoms with E-state index in [0.29, 0.717) is 24.2 Å². The lowest BCUT2D eigenvalue weighted by molar-refractivity contribution is -0.132. The Labute approximate surface area is 189 Å². The maximum Gasteiger partial charge on any atom is 0.243 e. The van der Waals surface area contributed by atoms with Crippen LogP contribution in [0.25, 0.3) is 0 Å². The number of benzene rings is 1. The van der Waals surface area contributed by atoms with Crippen molar-refractivity contribution in [3.8, 4) is 5.75 Å². The first-order valence-electron chi connectivity index (χ1n) is 11.1. The molecular weight excluding hydrogens is 410 g/mol. The summed E-state index contributed by atoms with van der Waals surface area (Å²) in [5, 5.41) is 5.49. The summed E-state index contributed by atoms with van der Waals surface area (Å²) in [7, 11) is 1.55. The van der Waals surface area contributed by atoms with E-state index in [1.807, 2.05) is 27.7 Å². The van der Waals surface area contributed by atoms with Crippen molar-refractivity contribution in [3.05, 3.63) is 29.3 Å². The van der Waals surface area contributed by atoms with Gasteiger partial charge in [-0.15, -0.1) is 0 Å². The number of carbonyl (C=O) groups is 4. The lowest BCUT2D eigenvalue weighted by Gasteiger charge is -2.24. The van der Waals surface area contributed by atoms with Gasteiger partial charge in [0, 0.05) is 24.3 Å². The fourth-order valence-electron chi connectivity index (χ4n) is 4.06. The molecule has 0 bridgehead atoms. The van der Waals surface area contributed by atoms with Crippen molar-refractivity contribution in [3.63, 3.8) is 0 Å². The largest absolute Gasteiger partial charge is 0.497 e. The summed E-state index contributed by atoms with van der Waals surface area (Å²) >= 11 is 0. The van der Waals surface area contributed by atoms with Gasteiger partial charge in [-0.05, 0) is 48.4 Å². The molecule has 0 radical (unpaired) electrons. The van der Waals surface area contributed by atoms with Gasteiger partial charge in [-0.3, -0.25) is 19.2 Å². The first-order chi connectivity index (χ1) is 15.0. The van der Waals surface area contributed by atoms with Crippen LogP contribution in [-0.2, 0) is 14.4 Å². The number of ketones is 1. The summed E-state index contributed by atoms with van der Waals surface area (Å²) in [6.45, 7) is 7.77. The lowest BCUT2D eigenvalue weighted by Crippen LogP contribution is -2.53. The molecule has 1 aliphatic carbocycles. The molecule has 0 saturated heterocycles. The number of ether oxygens (including phenoxy) is 1. The number of amides is 3. The molecular formula is C24H35N3O5. The van der Waals surface area contributed by atoms with Crippen molar-refractivity contribution in [2.45, 2.75) is 71.4 Å². The van der Waals surface area contributed by atoms with Crippen molar-refractivity contribution in [1.29, 1.82) is 0 Å². The minimum atomic E-state index is -0.793.